The van der Waals surface area contributed by atoms with Crippen molar-refractivity contribution in [2.24, 2.45) is 0 Å². The molecule has 2 aromatic carbocycles. The van der Waals surface area contributed by atoms with Gasteiger partial charge >= 0.3 is 6.18 Å². The summed E-state index contributed by atoms with van der Waals surface area (Å²) in [4.78, 5) is 7.24. The van der Waals surface area contributed by atoms with Gasteiger partial charge in [-0.25, -0.2) is 9.97 Å². The minimum absolute atomic E-state index is 0.0603. The molecule has 25 heavy (non-hydrogen) atoms. The number of alkyl halides is 3. The number of fused-ring (bicyclic) bond motifs is 1. The molecule has 0 spiro atoms. The molecule has 3 aromatic rings. The maximum atomic E-state index is 13.1. The third-order valence-corrected chi connectivity index (χ3v) is 3.50. The van der Waals surface area contributed by atoms with Gasteiger partial charge in [-0.2, -0.15) is 13.2 Å². The molecule has 0 radical (unpaired) electrons. The van der Waals surface area contributed by atoms with E-state index in [1.54, 1.807) is 36.4 Å². The number of aromatic nitrogens is 2. The van der Waals surface area contributed by atoms with E-state index >= 15 is 0 Å². The van der Waals surface area contributed by atoms with Crippen LogP contribution in [0.2, 0.25) is 0 Å². The molecule has 0 saturated carbocycles. The van der Waals surface area contributed by atoms with Gasteiger partial charge in [0.05, 0.1) is 19.7 Å². The summed E-state index contributed by atoms with van der Waals surface area (Å²) in [6.45, 7) is 0. The van der Waals surface area contributed by atoms with Crippen molar-refractivity contribution in [3.63, 3.8) is 0 Å². The summed E-state index contributed by atoms with van der Waals surface area (Å²) in [7, 11) is 2.97. The third-order valence-electron chi connectivity index (χ3n) is 3.50. The van der Waals surface area contributed by atoms with E-state index in [4.69, 9.17) is 9.47 Å². The maximum absolute atomic E-state index is 13.1. The topological polar surface area (TPSA) is 56.3 Å². The van der Waals surface area contributed by atoms with Crippen LogP contribution in [0.3, 0.4) is 0 Å². The van der Waals surface area contributed by atoms with Gasteiger partial charge in [-0.3, -0.25) is 0 Å². The van der Waals surface area contributed by atoms with Crippen molar-refractivity contribution >= 4 is 22.4 Å². The van der Waals surface area contributed by atoms with E-state index in [2.05, 4.69) is 15.3 Å². The lowest BCUT2D eigenvalue weighted by Gasteiger charge is -2.14. The van der Waals surface area contributed by atoms with Gasteiger partial charge < -0.3 is 14.8 Å². The summed E-state index contributed by atoms with van der Waals surface area (Å²) >= 11 is 0. The highest BCUT2D eigenvalue weighted by Crippen LogP contribution is 2.34. The molecular formula is C17H14F3N3O2. The fourth-order valence-corrected chi connectivity index (χ4v) is 2.35. The van der Waals surface area contributed by atoms with E-state index in [-0.39, 0.29) is 11.3 Å². The largest absolute Gasteiger partial charge is 0.493 e. The van der Waals surface area contributed by atoms with Crippen LogP contribution < -0.4 is 14.8 Å². The van der Waals surface area contributed by atoms with E-state index in [1.165, 1.54) is 20.3 Å². The molecule has 0 aliphatic heterocycles. The Labute approximate surface area is 141 Å². The molecule has 1 heterocycles. The van der Waals surface area contributed by atoms with Gasteiger partial charge in [-0.05, 0) is 24.3 Å². The molecule has 0 fully saturated rings. The summed E-state index contributed by atoms with van der Waals surface area (Å²) in [5.74, 6) is -0.183. The van der Waals surface area contributed by atoms with Crippen molar-refractivity contribution < 1.29 is 22.6 Å². The smallest absolute Gasteiger partial charge is 0.451 e. The van der Waals surface area contributed by atoms with Gasteiger partial charge in [0.1, 0.15) is 5.82 Å². The predicted octanol–water partition coefficient (Wildman–Crippen LogP) is 4.41. The first-order valence-electron chi connectivity index (χ1n) is 7.25. The lowest BCUT2D eigenvalue weighted by atomic mass is 10.2. The number of hydrogen-bond donors (Lipinski definition) is 1. The summed E-state index contributed by atoms with van der Waals surface area (Å²) in [5.41, 5.74) is 0.711. The van der Waals surface area contributed by atoms with Crippen LogP contribution in [0.25, 0.3) is 10.9 Å². The minimum Gasteiger partial charge on any atom is -0.493 e. The van der Waals surface area contributed by atoms with Crippen LogP contribution >= 0.6 is 0 Å². The van der Waals surface area contributed by atoms with E-state index in [0.717, 1.165) is 0 Å². The fraction of sp³-hybridized carbons (Fsp3) is 0.176. The standard InChI is InChI=1S/C17H14F3N3O2/c1-24-13-8-7-10(9-14(13)25-2)21-15-11-5-3-4-6-12(11)22-16(23-15)17(18,19)20/h3-9H,1-2H3,(H,21,22,23). The first kappa shape index (κ1) is 16.8. The van der Waals surface area contributed by atoms with Crippen LogP contribution in [0.4, 0.5) is 24.7 Å². The van der Waals surface area contributed by atoms with Gasteiger partial charge in [0.2, 0.25) is 5.82 Å². The minimum atomic E-state index is -4.64. The molecule has 0 saturated heterocycles. The Bertz CT molecular complexity index is 913. The second-order valence-corrected chi connectivity index (χ2v) is 5.11. The molecule has 0 aliphatic carbocycles. The van der Waals surface area contributed by atoms with Gasteiger partial charge in [-0.1, -0.05) is 12.1 Å². The van der Waals surface area contributed by atoms with Gasteiger partial charge in [0.15, 0.2) is 11.5 Å². The SMILES string of the molecule is COc1ccc(Nc2nc(C(F)(F)F)nc3ccccc23)cc1OC. The van der Waals surface area contributed by atoms with Crippen LogP contribution in [0.5, 0.6) is 11.5 Å². The molecule has 0 bridgehead atoms. The van der Waals surface area contributed by atoms with E-state index in [9.17, 15) is 13.2 Å². The molecule has 3 rings (SSSR count). The Morgan fingerprint density at radius 3 is 2.32 bits per heavy atom. The zero-order chi connectivity index (χ0) is 18.0. The molecule has 0 atom stereocenters. The van der Waals surface area contributed by atoms with Gasteiger partial charge in [0.25, 0.3) is 0 Å². The first-order valence-corrected chi connectivity index (χ1v) is 7.25. The summed E-state index contributed by atoms with van der Waals surface area (Å²) in [6.07, 6.45) is -4.64. The van der Waals surface area contributed by atoms with E-state index in [0.29, 0.717) is 22.6 Å². The van der Waals surface area contributed by atoms with Crippen LogP contribution in [-0.4, -0.2) is 24.2 Å². The predicted molar refractivity (Wildman–Crippen MR) is 87.4 cm³/mol. The summed E-state index contributed by atoms with van der Waals surface area (Å²) < 4.78 is 49.5. The number of anilines is 2. The highest BCUT2D eigenvalue weighted by Gasteiger charge is 2.35. The Kier molecular flexibility index (Phi) is 4.35. The Morgan fingerprint density at radius 1 is 0.920 bits per heavy atom. The van der Waals surface area contributed by atoms with Crippen LogP contribution in [0.1, 0.15) is 5.82 Å². The highest BCUT2D eigenvalue weighted by molar-refractivity contribution is 5.90. The first-order chi connectivity index (χ1) is 11.9. The number of nitrogens with one attached hydrogen (secondary N) is 1. The number of hydrogen-bond acceptors (Lipinski definition) is 5. The molecule has 0 amide bonds. The lowest BCUT2D eigenvalue weighted by Crippen LogP contribution is -2.12. The molecule has 8 heteroatoms. The number of benzene rings is 2. The van der Waals surface area contributed by atoms with Crippen molar-refractivity contribution in [2.45, 2.75) is 6.18 Å². The zero-order valence-corrected chi connectivity index (χ0v) is 13.4. The molecule has 0 unspecified atom stereocenters. The molecule has 1 N–H and O–H groups in total. The van der Waals surface area contributed by atoms with Crippen molar-refractivity contribution in [1.29, 1.82) is 0 Å². The summed E-state index contributed by atoms with van der Waals surface area (Å²) in [6, 6.07) is 11.4. The Hall–Kier alpha value is -3.03. The highest BCUT2D eigenvalue weighted by atomic mass is 19.4. The Balaban J connectivity index is 2.09. The molecule has 5 nitrogen and oxygen atoms in total. The number of ether oxygens (including phenoxy) is 2. The average molecular weight is 349 g/mol. The van der Waals surface area contributed by atoms with Gasteiger partial charge in [0, 0.05) is 17.1 Å². The van der Waals surface area contributed by atoms with Gasteiger partial charge in [-0.15, -0.1) is 0 Å². The monoisotopic (exact) mass is 349 g/mol. The van der Waals surface area contributed by atoms with Crippen molar-refractivity contribution in [1.82, 2.24) is 9.97 Å². The zero-order valence-electron chi connectivity index (χ0n) is 13.4. The lowest BCUT2D eigenvalue weighted by molar-refractivity contribution is -0.144. The van der Waals surface area contributed by atoms with Crippen molar-refractivity contribution in [3.05, 3.63) is 48.3 Å². The number of nitrogens with zero attached hydrogens (tertiary/aromatic N) is 2. The summed E-state index contributed by atoms with van der Waals surface area (Å²) in [5, 5.41) is 3.38. The van der Waals surface area contributed by atoms with E-state index < -0.39 is 12.0 Å². The second kappa shape index (κ2) is 6.46. The number of halogens is 3. The molecule has 130 valence electrons. The van der Waals surface area contributed by atoms with Crippen LogP contribution in [0.15, 0.2) is 42.5 Å². The quantitative estimate of drug-likeness (QED) is 0.756. The molecular weight excluding hydrogens is 335 g/mol. The Morgan fingerprint density at radius 2 is 1.64 bits per heavy atom. The number of rotatable bonds is 4. The normalized spacial score (nSPS) is 11.4. The van der Waals surface area contributed by atoms with Crippen molar-refractivity contribution in [3.8, 4) is 11.5 Å². The number of methoxy groups -OCH3 is 2. The van der Waals surface area contributed by atoms with Crippen LogP contribution in [-0.2, 0) is 6.18 Å². The van der Waals surface area contributed by atoms with Crippen molar-refractivity contribution in [2.75, 3.05) is 19.5 Å². The fourth-order valence-electron chi connectivity index (χ4n) is 2.35. The molecule has 1 aromatic heterocycles. The molecule has 0 aliphatic rings. The number of para-hydroxylation sites is 1. The average Bonchev–Trinajstić information content (AvgIpc) is 2.60. The third kappa shape index (κ3) is 3.42. The van der Waals surface area contributed by atoms with E-state index in [1.807, 2.05) is 0 Å². The maximum Gasteiger partial charge on any atom is 0.451 e. The second-order valence-electron chi connectivity index (χ2n) is 5.11. The van der Waals surface area contributed by atoms with Crippen LogP contribution in [0, 0.1) is 0 Å².